The number of rotatable bonds is 5. The standard InChI is InChI=1S/C23H29NO4/c25-13-20(23-10-16-6-17(11-23)8-18(7-16)12-23)21(26)24-19(14-28-22(24)27)9-15-4-2-1-3-5-15/h1-5,16-20,25H,6-14H2/t16?,17?,18?,19-,20+,23?/m0/s1. The summed E-state index contributed by atoms with van der Waals surface area (Å²) < 4.78 is 5.27. The normalized spacial score (nSPS) is 37.2. The number of aliphatic hydroxyl groups excluding tert-OH is 1. The second-order valence-corrected chi connectivity index (χ2v) is 9.64. The molecule has 1 aromatic rings. The zero-order valence-corrected chi connectivity index (χ0v) is 16.3. The van der Waals surface area contributed by atoms with Crippen molar-refractivity contribution in [3.05, 3.63) is 35.9 Å². The van der Waals surface area contributed by atoms with E-state index < -0.39 is 12.0 Å². The Morgan fingerprint density at radius 3 is 2.29 bits per heavy atom. The maximum Gasteiger partial charge on any atom is 0.416 e. The summed E-state index contributed by atoms with van der Waals surface area (Å²) in [6.07, 6.45) is 6.99. The van der Waals surface area contributed by atoms with Crippen molar-refractivity contribution in [2.45, 2.75) is 51.0 Å². The van der Waals surface area contributed by atoms with E-state index in [1.807, 2.05) is 30.3 Å². The molecule has 1 aliphatic heterocycles. The molecular weight excluding hydrogens is 354 g/mol. The van der Waals surface area contributed by atoms with E-state index in [2.05, 4.69) is 0 Å². The van der Waals surface area contributed by atoms with Crippen LogP contribution in [0.4, 0.5) is 4.79 Å². The van der Waals surface area contributed by atoms with E-state index in [9.17, 15) is 14.7 Å². The minimum atomic E-state index is -0.547. The lowest BCUT2D eigenvalue weighted by Crippen LogP contribution is -2.56. The summed E-state index contributed by atoms with van der Waals surface area (Å²) in [5.74, 6) is 1.38. The topological polar surface area (TPSA) is 66.8 Å². The molecular formula is C23H29NO4. The van der Waals surface area contributed by atoms with Crippen molar-refractivity contribution < 1.29 is 19.4 Å². The third-order valence-corrected chi connectivity index (χ3v) is 7.82. The van der Waals surface area contributed by atoms with Crippen LogP contribution in [-0.2, 0) is 16.0 Å². The monoisotopic (exact) mass is 383 g/mol. The highest BCUT2D eigenvalue weighted by Gasteiger charge is 2.57. The number of carbonyl (C=O) groups excluding carboxylic acids is 2. The first-order chi connectivity index (χ1) is 13.6. The molecule has 2 atom stereocenters. The van der Waals surface area contributed by atoms with Crippen molar-refractivity contribution in [1.82, 2.24) is 4.90 Å². The van der Waals surface area contributed by atoms with Gasteiger partial charge in [0.2, 0.25) is 5.91 Å². The zero-order valence-electron chi connectivity index (χ0n) is 16.3. The van der Waals surface area contributed by atoms with Gasteiger partial charge in [-0.1, -0.05) is 30.3 Å². The van der Waals surface area contributed by atoms with Crippen molar-refractivity contribution in [1.29, 1.82) is 0 Å². The van der Waals surface area contributed by atoms with Crippen molar-refractivity contribution in [3.63, 3.8) is 0 Å². The van der Waals surface area contributed by atoms with E-state index in [4.69, 9.17) is 4.74 Å². The third-order valence-electron chi connectivity index (χ3n) is 7.82. The van der Waals surface area contributed by atoms with Gasteiger partial charge in [-0.3, -0.25) is 4.79 Å². The summed E-state index contributed by atoms with van der Waals surface area (Å²) in [6, 6.07) is 9.61. The third kappa shape index (κ3) is 2.95. The summed E-state index contributed by atoms with van der Waals surface area (Å²) in [6.45, 7) is 0.0608. The number of carbonyl (C=O) groups is 2. The maximum absolute atomic E-state index is 13.6. The molecule has 0 unspecified atom stereocenters. The van der Waals surface area contributed by atoms with E-state index in [0.717, 1.165) is 24.8 Å². The van der Waals surface area contributed by atoms with E-state index in [1.54, 1.807) is 0 Å². The Hall–Kier alpha value is -1.88. The van der Waals surface area contributed by atoms with Gasteiger partial charge in [-0.2, -0.15) is 0 Å². The van der Waals surface area contributed by atoms with E-state index in [0.29, 0.717) is 24.2 Å². The number of hydrogen-bond donors (Lipinski definition) is 1. The number of imide groups is 1. The van der Waals surface area contributed by atoms with Gasteiger partial charge in [-0.15, -0.1) is 0 Å². The van der Waals surface area contributed by atoms with Gasteiger partial charge in [0, 0.05) is 0 Å². The predicted molar refractivity (Wildman–Crippen MR) is 103 cm³/mol. The Kier molecular flexibility index (Phi) is 4.46. The van der Waals surface area contributed by atoms with Crippen LogP contribution in [0.1, 0.15) is 44.1 Å². The van der Waals surface area contributed by atoms with Crippen LogP contribution in [0.25, 0.3) is 0 Å². The largest absolute Gasteiger partial charge is 0.447 e. The van der Waals surface area contributed by atoms with Crippen molar-refractivity contribution >= 4 is 12.0 Å². The molecule has 1 heterocycles. The van der Waals surface area contributed by atoms with Gasteiger partial charge in [0.1, 0.15) is 6.61 Å². The highest BCUT2D eigenvalue weighted by molar-refractivity contribution is 5.95. The van der Waals surface area contributed by atoms with Crippen LogP contribution in [0.15, 0.2) is 30.3 Å². The van der Waals surface area contributed by atoms with Gasteiger partial charge < -0.3 is 9.84 Å². The lowest BCUT2D eigenvalue weighted by molar-refractivity contribution is -0.153. The molecule has 1 N–H and O–H groups in total. The molecule has 1 aromatic carbocycles. The molecule has 28 heavy (non-hydrogen) atoms. The van der Waals surface area contributed by atoms with Crippen LogP contribution >= 0.6 is 0 Å². The number of nitrogens with zero attached hydrogens (tertiary/aromatic N) is 1. The molecule has 0 spiro atoms. The Balaban J connectivity index is 1.39. The SMILES string of the molecule is O=C1OC[C@H](Cc2ccccc2)N1C(=O)[C@@H](CO)C12CC3CC(CC(C3)C1)C2. The molecule has 6 rings (SSSR count). The van der Waals surface area contributed by atoms with Crippen LogP contribution in [0.5, 0.6) is 0 Å². The fourth-order valence-corrected chi connectivity index (χ4v) is 7.07. The second kappa shape index (κ2) is 6.87. The van der Waals surface area contributed by atoms with E-state index in [1.165, 1.54) is 24.2 Å². The van der Waals surface area contributed by atoms with Crippen molar-refractivity contribution in [2.24, 2.45) is 29.1 Å². The van der Waals surface area contributed by atoms with Crippen LogP contribution < -0.4 is 0 Å². The lowest BCUT2D eigenvalue weighted by atomic mass is 9.46. The minimum absolute atomic E-state index is 0.124. The van der Waals surface area contributed by atoms with Gasteiger partial charge in [-0.05, 0) is 73.7 Å². The number of hydrogen-bond acceptors (Lipinski definition) is 4. The Labute approximate surface area is 166 Å². The first kappa shape index (κ1) is 18.2. The van der Waals surface area contributed by atoms with Crippen molar-refractivity contribution in [2.75, 3.05) is 13.2 Å². The average molecular weight is 383 g/mol. The molecule has 5 nitrogen and oxygen atoms in total. The molecule has 5 fully saturated rings. The first-order valence-electron chi connectivity index (χ1n) is 10.7. The molecule has 0 aromatic heterocycles. The van der Waals surface area contributed by atoms with Crippen LogP contribution in [0.2, 0.25) is 0 Å². The summed E-state index contributed by atoms with van der Waals surface area (Å²) in [5, 5.41) is 10.3. The average Bonchev–Trinajstić information content (AvgIpc) is 3.02. The zero-order chi connectivity index (χ0) is 19.3. The number of aliphatic hydroxyl groups is 1. The van der Waals surface area contributed by atoms with Crippen LogP contribution in [0, 0.1) is 29.1 Å². The molecule has 4 saturated carbocycles. The summed E-state index contributed by atoms with van der Waals surface area (Å²) in [7, 11) is 0. The Morgan fingerprint density at radius 1 is 1.11 bits per heavy atom. The Bertz CT molecular complexity index is 726. The molecule has 4 aliphatic carbocycles. The quantitative estimate of drug-likeness (QED) is 0.846. The molecule has 150 valence electrons. The van der Waals surface area contributed by atoms with E-state index in [-0.39, 0.29) is 30.6 Å². The van der Waals surface area contributed by atoms with Crippen LogP contribution in [0.3, 0.4) is 0 Å². The highest BCUT2D eigenvalue weighted by Crippen LogP contribution is 2.63. The lowest BCUT2D eigenvalue weighted by Gasteiger charge is -2.59. The van der Waals surface area contributed by atoms with Crippen LogP contribution in [-0.4, -0.2) is 41.3 Å². The number of amides is 2. The summed E-state index contributed by atoms with van der Waals surface area (Å²) >= 11 is 0. The molecule has 4 bridgehead atoms. The van der Waals surface area contributed by atoms with Gasteiger partial charge in [0.15, 0.2) is 0 Å². The van der Waals surface area contributed by atoms with Gasteiger partial charge in [0.25, 0.3) is 0 Å². The molecule has 0 radical (unpaired) electrons. The highest BCUT2D eigenvalue weighted by atomic mass is 16.6. The van der Waals surface area contributed by atoms with E-state index >= 15 is 0 Å². The summed E-state index contributed by atoms with van der Waals surface area (Å²) in [4.78, 5) is 27.4. The number of cyclic esters (lactones) is 1. The second-order valence-electron chi connectivity index (χ2n) is 9.64. The summed E-state index contributed by atoms with van der Waals surface area (Å²) in [5.41, 5.74) is 0.958. The number of benzene rings is 1. The van der Waals surface area contributed by atoms with Gasteiger partial charge in [0.05, 0.1) is 18.6 Å². The smallest absolute Gasteiger partial charge is 0.416 e. The van der Waals surface area contributed by atoms with Gasteiger partial charge >= 0.3 is 6.09 Å². The predicted octanol–water partition coefficient (Wildman–Crippen LogP) is 3.40. The maximum atomic E-state index is 13.6. The van der Waals surface area contributed by atoms with Gasteiger partial charge in [-0.25, -0.2) is 9.69 Å². The van der Waals surface area contributed by atoms with Crippen molar-refractivity contribution in [3.8, 4) is 0 Å². The Morgan fingerprint density at radius 2 is 1.71 bits per heavy atom. The molecule has 5 aliphatic rings. The first-order valence-corrected chi connectivity index (χ1v) is 10.7. The fourth-order valence-electron chi connectivity index (χ4n) is 7.07. The fraction of sp³-hybridized carbons (Fsp3) is 0.652. The minimum Gasteiger partial charge on any atom is -0.447 e. The molecule has 5 heteroatoms. The molecule has 2 amide bonds. The number of ether oxygens (including phenoxy) is 1. The molecule has 1 saturated heterocycles.